The highest BCUT2D eigenvalue weighted by molar-refractivity contribution is 6.32. The zero-order valence-electron chi connectivity index (χ0n) is 21.9. The smallest absolute Gasteiger partial charge is 0.319 e. The fourth-order valence-electron chi connectivity index (χ4n) is 3.95. The fourth-order valence-corrected chi connectivity index (χ4v) is 4.21. The first-order chi connectivity index (χ1) is 19.1. The van der Waals surface area contributed by atoms with Gasteiger partial charge in [-0.1, -0.05) is 71.5 Å². The summed E-state index contributed by atoms with van der Waals surface area (Å²) >= 11 is 6.37. The number of aromatic nitrogens is 3. The number of carbonyl (C=O) groups excluding carboxylic acids is 1. The first-order valence-corrected chi connectivity index (χ1v) is 12.8. The molecule has 204 valence electrons. The number of benzene rings is 2. The van der Waals surface area contributed by atoms with Crippen LogP contribution < -0.4 is 22.1 Å². The highest BCUT2D eigenvalue weighted by Gasteiger charge is 2.18. The monoisotopic (exact) mass is 560 g/mol. The zero-order valence-corrected chi connectivity index (χ0v) is 22.7. The van der Waals surface area contributed by atoms with E-state index in [4.69, 9.17) is 11.6 Å². The van der Waals surface area contributed by atoms with E-state index in [1.807, 2.05) is 31.2 Å². The summed E-state index contributed by atoms with van der Waals surface area (Å²) in [5.41, 5.74) is 0.818. The molecular weight excluding hydrogens is 535 g/mol. The number of pyridine rings is 1. The second kappa shape index (κ2) is 12.5. The molecule has 0 spiro atoms. The van der Waals surface area contributed by atoms with Gasteiger partial charge in [0.1, 0.15) is 16.7 Å². The molecule has 8 nitrogen and oxygen atoms in total. The average molecular weight is 561 g/mol. The van der Waals surface area contributed by atoms with Gasteiger partial charge in [-0.3, -0.25) is 23.5 Å². The van der Waals surface area contributed by atoms with E-state index in [9.17, 15) is 23.6 Å². The predicted molar refractivity (Wildman–Crippen MR) is 152 cm³/mol. The largest absolute Gasteiger partial charge is 0.332 e. The van der Waals surface area contributed by atoms with Crippen LogP contribution in [0.2, 0.25) is 5.15 Å². The Hall–Kier alpha value is -4.68. The van der Waals surface area contributed by atoms with Crippen LogP contribution in [0.3, 0.4) is 0 Å². The summed E-state index contributed by atoms with van der Waals surface area (Å²) in [6.45, 7) is 1.85. The molecule has 4 rings (SSSR count). The van der Waals surface area contributed by atoms with E-state index < -0.39 is 23.0 Å². The number of carbonyl (C=O) groups is 1. The van der Waals surface area contributed by atoms with Crippen molar-refractivity contribution in [2.45, 2.75) is 32.9 Å². The molecule has 2 aromatic carbocycles. The van der Waals surface area contributed by atoms with Gasteiger partial charge in [0.2, 0.25) is 5.91 Å². The Labute approximate surface area is 234 Å². The van der Waals surface area contributed by atoms with Gasteiger partial charge in [0.15, 0.2) is 0 Å². The Morgan fingerprint density at radius 2 is 1.77 bits per heavy atom. The van der Waals surface area contributed by atoms with Crippen LogP contribution >= 0.6 is 11.6 Å². The third-order valence-electron chi connectivity index (χ3n) is 6.27. The summed E-state index contributed by atoms with van der Waals surface area (Å²) in [5, 5.41) is 2.29. The van der Waals surface area contributed by atoms with E-state index in [-0.39, 0.29) is 35.9 Å². The number of nitrogens with zero attached hydrogens (tertiary/aromatic N) is 3. The van der Waals surface area contributed by atoms with E-state index in [1.54, 1.807) is 24.3 Å². The van der Waals surface area contributed by atoms with Crippen molar-refractivity contribution in [3.63, 3.8) is 0 Å². The van der Waals surface area contributed by atoms with Crippen LogP contribution in [-0.2, 0) is 31.4 Å². The molecule has 0 aliphatic rings. The van der Waals surface area contributed by atoms with E-state index in [0.29, 0.717) is 17.5 Å². The first kappa shape index (κ1) is 28.3. The Balaban J connectivity index is 1.49. The molecule has 2 aromatic heterocycles. The van der Waals surface area contributed by atoms with Crippen molar-refractivity contribution in [2.75, 3.05) is 5.32 Å². The lowest BCUT2D eigenvalue weighted by Gasteiger charge is -2.13. The molecule has 2 heterocycles. The van der Waals surface area contributed by atoms with Crippen molar-refractivity contribution >= 4 is 23.2 Å². The quantitative estimate of drug-likeness (QED) is 0.277. The van der Waals surface area contributed by atoms with Crippen LogP contribution in [0.1, 0.15) is 28.7 Å². The molecule has 1 N–H and O–H groups in total. The van der Waals surface area contributed by atoms with Gasteiger partial charge in [-0.2, -0.15) is 0 Å². The molecule has 40 heavy (non-hydrogen) atoms. The number of nitrogens with one attached hydrogen (secondary N) is 1. The number of aryl methyl sites for hydroxylation is 2. The number of hydrogen-bond donors (Lipinski definition) is 1. The second-order valence-electron chi connectivity index (χ2n) is 9.21. The van der Waals surface area contributed by atoms with Gasteiger partial charge in [-0.05, 0) is 31.0 Å². The third-order valence-corrected chi connectivity index (χ3v) is 6.66. The van der Waals surface area contributed by atoms with Crippen LogP contribution in [0.25, 0.3) is 0 Å². The van der Waals surface area contributed by atoms with E-state index in [0.717, 1.165) is 20.3 Å². The molecule has 0 bridgehead atoms. The van der Waals surface area contributed by atoms with Gasteiger partial charge in [0.05, 0.1) is 13.1 Å². The normalized spacial score (nSPS) is 10.6. The Bertz CT molecular complexity index is 1810. The molecule has 0 saturated carbocycles. The summed E-state index contributed by atoms with van der Waals surface area (Å²) in [7, 11) is 1.28. The molecule has 4 aromatic rings. The molecule has 1 amide bonds. The topological polar surface area (TPSA) is 95.1 Å². The van der Waals surface area contributed by atoms with Crippen LogP contribution in [0.5, 0.6) is 0 Å². The van der Waals surface area contributed by atoms with Crippen molar-refractivity contribution in [1.29, 1.82) is 0 Å². The van der Waals surface area contributed by atoms with E-state index >= 15 is 0 Å². The zero-order chi connectivity index (χ0) is 28.8. The van der Waals surface area contributed by atoms with Gasteiger partial charge in [-0.25, -0.2) is 9.18 Å². The lowest BCUT2D eigenvalue weighted by atomic mass is 10.1. The van der Waals surface area contributed by atoms with Crippen LogP contribution in [0, 0.1) is 24.6 Å². The SMILES string of the molecule is Cc1ccc(CCC(=O)Nc2c(Cl)n(CC#Cc3ccn(Cc4ccccc4F)c(=O)c3)c(=O)n(C)c2=O)cc1. The van der Waals surface area contributed by atoms with Gasteiger partial charge in [0, 0.05) is 36.9 Å². The van der Waals surface area contributed by atoms with Gasteiger partial charge in [-0.15, -0.1) is 0 Å². The Morgan fingerprint density at radius 3 is 2.48 bits per heavy atom. The maximum atomic E-state index is 13.9. The Kier molecular flexibility index (Phi) is 8.82. The minimum Gasteiger partial charge on any atom is -0.319 e. The number of anilines is 1. The van der Waals surface area contributed by atoms with Gasteiger partial charge in [0.25, 0.3) is 11.1 Å². The van der Waals surface area contributed by atoms with Crippen LogP contribution in [0.4, 0.5) is 10.1 Å². The van der Waals surface area contributed by atoms with Crippen molar-refractivity contribution in [2.24, 2.45) is 7.05 Å². The molecule has 0 fully saturated rings. The molecule has 10 heteroatoms. The standard InChI is InChI=1S/C30H26ClFN4O4/c1-20-9-11-21(12-10-20)13-14-25(37)33-27-28(31)36(30(40)34(2)29(27)39)16-5-6-22-15-17-35(26(38)18-22)19-23-7-3-4-8-24(23)32/h3-4,7-12,15,17-18H,13-14,16,19H2,1-2H3,(H,33,37). The molecule has 0 unspecified atom stereocenters. The summed E-state index contributed by atoms with van der Waals surface area (Å²) in [6.07, 6.45) is 2.09. The van der Waals surface area contributed by atoms with Crippen LogP contribution in [-0.4, -0.2) is 19.6 Å². The van der Waals surface area contributed by atoms with Crippen LogP contribution in [0.15, 0.2) is 81.2 Å². The summed E-state index contributed by atoms with van der Waals surface area (Å²) in [6, 6.07) is 16.9. The third kappa shape index (κ3) is 6.65. The first-order valence-electron chi connectivity index (χ1n) is 12.4. The lowest BCUT2D eigenvalue weighted by Crippen LogP contribution is -2.40. The molecular formula is C30H26ClFN4O4. The highest BCUT2D eigenvalue weighted by Crippen LogP contribution is 2.16. The molecule has 0 aliphatic heterocycles. The van der Waals surface area contributed by atoms with Crippen molar-refractivity contribution in [3.8, 4) is 11.8 Å². The summed E-state index contributed by atoms with van der Waals surface area (Å²) < 4.78 is 17.2. The van der Waals surface area contributed by atoms with Gasteiger partial charge >= 0.3 is 5.69 Å². The summed E-state index contributed by atoms with van der Waals surface area (Å²) in [5.74, 6) is 4.75. The minimum atomic E-state index is -0.735. The lowest BCUT2D eigenvalue weighted by molar-refractivity contribution is -0.116. The Morgan fingerprint density at radius 1 is 1.05 bits per heavy atom. The number of halogens is 2. The summed E-state index contributed by atoms with van der Waals surface area (Å²) in [4.78, 5) is 50.5. The maximum Gasteiger partial charge on any atom is 0.332 e. The molecule has 0 aliphatic carbocycles. The number of rotatable bonds is 7. The fraction of sp³-hybridized carbons (Fsp3) is 0.200. The highest BCUT2D eigenvalue weighted by atomic mass is 35.5. The molecule has 0 atom stereocenters. The van der Waals surface area contributed by atoms with Gasteiger partial charge < -0.3 is 9.88 Å². The van der Waals surface area contributed by atoms with Crippen molar-refractivity contribution in [1.82, 2.24) is 13.7 Å². The van der Waals surface area contributed by atoms with E-state index in [1.165, 1.54) is 29.9 Å². The minimum absolute atomic E-state index is 0.0712. The van der Waals surface area contributed by atoms with Crippen molar-refractivity contribution < 1.29 is 9.18 Å². The average Bonchev–Trinajstić information content (AvgIpc) is 2.94. The number of hydrogen-bond acceptors (Lipinski definition) is 4. The maximum absolute atomic E-state index is 13.9. The second-order valence-corrected chi connectivity index (χ2v) is 9.57. The van der Waals surface area contributed by atoms with Crippen molar-refractivity contribution in [3.05, 3.63) is 131 Å². The van der Waals surface area contributed by atoms with E-state index in [2.05, 4.69) is 17.2 Å². The number of amides is 1. The predicted octanol–water partition coefficient (Wildman–Crippen LogP) is 3.48. The molecule has 0 saturated heterocycles. The molecule has 0 radical (unpaired) electrons.